The van der Waals surface area contributed by atoms with Crippen LogP contribution in [-0.4, -0.2) is 11.5 Å². The number of hydrogen-bond acceptors (Lipinski definition) is 4. The van der Waals surface area contributed by atoms with Crippen LogP contribution >= 0.6 is 0 Å². The number of nitro benzene ring substituents is 1. The summed E-state index contributed by atoms with van der Waals surface area (Å²) in [6.07, 6.45) is 0. The van der Waals surface area contributed by atoms with E-state index < -0.39 is 4.92 Å². The molecule has 1 atom stereocenters. The Morgan fingerprint density at radius 3 is 2.58 bits per heavy atom. The molecule has 98 valence electrons. The third kappa shape index (κ3) is 3.53. The zero-order valence-electron chi connectivity index (χ0n) is 10.3. The molecule has 2 aromatic rings. The van der Waals surface area contributed by atoms with Gasteiger partial charge in [-0.3, -0.25) is 10.1 Å². The summed E-state index contributed by atoms with van der Waals surface area (Å²) in [5.41, 5.74) is 7.84. The fourth-order valence-corrected chi connectivity index (χ4v) is 1.78. The van der Waals surface area contributed by atoms with Crippen molar-refractivity contribution >= 4 is 11.4 Å². The van der Waals surface area contributed by atoms with Crippen molar-refractivity contribution in [3.63, 3.8) is 0 Å². The molecule has 5 nitrogen and oxygen atoms in total. The van der Waals surface area contributed by atoms with Crippen molar-refractivity contribution in [1.82, 2.24) is 0 Å². The van der Waals surface area contributed by atoms with Gasteiger partial charge in [-0.15, -0.1) is 0 Å². The first-order valence-electron chi connectivity index (χ1n) is 5.95. The van der Waals surface area contributed by atoms with Crippen LogP contribution in [-0.2, 0) is 0 Å². The summed E-state index contributed by atoms with van der Waals surface area (Å²) >= 11 is 0. The summed E-state index contributed by atoms with van der Waals surface area (Å²) in [6, 6.07) is 16.0. The Kier molecular flexibility index (Phi) is 4.10. The van der Waals surface area contributed by atoms with Crippen molar-refractivity contribution in [3.8, 4) is 0 Å². The molecule has 2 aromatic carbocycles. The molecule has 1 unspecified atom stereocenters. The molecule has 0 radical (unpaired) electrons. The van der Waals surface area contributed by atoms with E-state index in [2.05, 4.69) is 5.32 Å². The smallest absolute Gasteiger partial charge is 0.271 e. The quantitative estimate of drug-likeness (QED) is 0.637. The van der Waals surface area contributed by atoms with Crippen molar-refractivity contribution in [2.24, 2.45) is 5.73 Å². The molecule has 0 heterocycles. The van der Waals surface area contributed by atoms with Crippen LogP contribution in [0, 0.1) is 10.1 Å². The van der Waals surface area contributed by atoms with Crippen LogP contribution in [0.3, 0.4) is 0 Å². The summed E-state index contributed by atoms with van der Waals surface area (Å²) in [5, 5.41) is 13.8. The van der Waals surface area contributed by atoms with Crippen LogP contribution in [0.15, 0.2) is 54.6 Å². The fourth-order valence-electron chi connectivity index (χ4n) is 1.78. The van der Waals surface area contributed by atoms with Gasteiger partial charge in [0.1, 0.15) is 0 Å². The lowest BCUT2D eigenvalue weighted by molar-refractivity contribution is -0.384. The Bertz CT molecular complexity index is 558. The minimum atomic E-state index is -0.414. The van der Waals surface area contributed by atoms with Crippen molar-refractivity contribution in [2.45, 2.75) is 6.04 Å². The zero-order chi connectivity index (χ0) is 13.7. The van der Waals surface area contributed by atoms with E-state index in [4.69, 9.17) is 5.73 Å². The first kappa shape index (κ1) is 13.0. The second kappa shape index (κ2) is 5.97. The van der Waals surface area contributed by atoms with Gasteiger partial charge >= 0.3 is 0 Å². The highest BCUT2D eigenvalue weighted by atomic mass is 16.6. The molecule has 0 aliphatic heterocycles. The molecule has 0 spiro atoms. The van der Waals surface area contributed by atoms with E-state index in [1.54, 1.807) is 12.1 Å². The second-order valence-electron chi connectivity index (χ2n) is 4.21. The van der Waals surface area contributed by atoms with Gasteiger partial charge < -0.3 is 11.1 Å². The Labute approximate surface area is 111 Å². The SMILES string of the molecule is NC(CNc1cccc([N+](=O)[O-])c1)c1ccccc1. The molecule has 0 saturated heterocycles. The molecule has 0 fully saturated rings. The number of anilines is 1. The number of nitro groups is 1. The van der Waals surface area contributed by atoms with Crippen LogP contribution in [0.4, 0.5) is 11.4 Å². The number of nitrogens with one attached hydrogen (secondary N) is 1. The van der Waals surface area contributed by atoms with Crippen LogP contribution in [0.1, 0.15) is 11.6 Å². The van der Waals surface area contributed by atoms with E-state index in [-0.39, 0.29) is 11.7 Å². The van der Waals surface area contributed by atoms with Gasteiger partial charge in [-0.25, -0.2) is 0 Å². The van der Waals surface area contributed by atoms with Gasteiger partial charge in [-0.05, 0) is 11.6 Å². The molecule has 3 N–H and O–H groups in total. The van der Waals surface area contributed by atoms with Crippen LogP contribution in [0.5, 0.6) is 0 Å². The molecule has 0 aliphatic carbocycles. The fraction of sp³-hybridized carbons (Fsp3) is 0.143. The Balaban J connectivity index is 1.99. The van der Waals surface area contributed by atoms with Gasteiger partial charge in [0.2, 0.25) is 0 Å². The number of rotatable bonds is 5. The molecular formula is C14H15N3O2. The topological polar surface area (TPSA) is 81.2 Å². The molecule has 0 amide bonds. The minimum absolute atomic E-state index is 0.0679. The highest BCUT2D eigenvalue weighted by Crippen LogP contribution is 2.18. The van der Waals surface area contributed by atoms with E-state index in [9.17, 15) is 10.1 Å². The lowest BCUT2D eigenvalue weighted by atomic mass is 10.1. The van der Waals surface area contributed by atoms with Gasteiger partial charge in [0.05, 0.1) is 4.92 Å². The number of nitrogens with zero attached hydrogens (tertiary/aromatic N) is 1. The number of non-ortho nitro benzene ring substituents is 1. The van der Waals surface area contributed by atoms with E-state index in [0.29, 0.717) is 12.2 Å². The van der Waals surface area contributed by atoms with Crippen molar-refractivity contribution < 1.29 is 4.92 Å². The maximum Gasteiger partial charge on any atom is 0.271 e. The minimum Gasteiger partial charge on any atom is -0.383 e. The number of nitrogens with two attached hydrogens (primary N) is 1. The first-order valence-corrected chi connectivity index (χ1v) is 5.95. The standard InChI is InChI=1S/C14H15N3O2/c15-14(11-5-2-1-3-6-11)10-16-12-7-4-8-13(9-12)17(18)19/h1-9,14,16H,10,15H2. The Morgan fingerprint density at radius 1 is 1.16 bits per heavy atom. The van der Waals surface area contributed by atoms with Crippen molar-refractivity contribution in [3.05, 3.63) is 70.3 Å². The maximum atomic E-state index is 10.7. The molecule has 5 heteroatoms. The van der Waals surface area contributed by atoms with E-state index in [0.717, 1.165) is 5.56 Å². The molecule has 19 heavy (non-hydrogen) atoms. The average molecular weight is 257 g/mol. The Morgan fingerprint density at radius 2 is 1.89 bits per heavy atom. The number of hydrogen-bond donors (Lipinski definition) is 2. The first-order chi connectivity index (χ1) is 9.16. The molecule has 0 aliphatic rings. The Hall–Kier alpha value is -2.40. The van der Waals surface area contributed by atoms with Crippen molar-refractivity contribution in [1.29, 1.82) is 0 Å². The predicted octanol–water partition coefficient (Wildman–Crippen LogP) is 2.71. The molecule has 0 aromatic heterocycles. The highest BCUT2D eigenvalue weighted by Gasteiger charge is 2.08. The van der Waals surface area contributed by atoms with E-state index in [1.807, 2.05) is 30.3 Å². The van der Waals surface area contributed by atoms with Crippen LogP contribution in [0.2, 0.25) is 0 Å². The predicted molar refractivity (Wildman–Crippen MR) is 75.0 cm³/mol. The zero-order valence-corrected chi connectivity index (χ0v) is 10.3. The monoisotopic (exact) mass is 257 g/mol. The van der Waals surface area contributed by atoms with Crippen LogP contribution < -0.4 is 11.1 Å². The van der Waals surface area contributed by atoms with Gasteiger partial charge in [0, 0.05) is 30.4 Å². The summed E-state index contributed by atoms with van der Waals surface area (Å²) in [6.45, 7) is 0.519. The summed E-state index contributed by atoms with van der Waals surface area (Å²) in [7, 11) is 0. The lowest BCUT2D eigenvalue weighted by Gasteiger charge is -2.13. The van der Waals surface area contributed by atoms with Gasteiger partial charge in [0.15, 0.2) is 0 Å². The molecule has 0 bridgehead atoms. The number of benzene rings is 2. The average Bonchev–Trinajstić information content (AvgIpc) is 2.46. The van der Waals surface area contributed by atoms with Crippen LogP contribution in [0.25, 0.3) is 0 Å². The van der Waals surface area contributed by atoms with E-state index >= 15 is 0 Å². The van der Waals surface area contributed by atoms with E-state index in [1.165, 1.54) is 12.1 Å². The highest BCUT2D eigenvalue weighted by molar-refractivity contribution is 5.51. The second-order valence-corrected chi connectivity index (χ2v) is 4.21. The largest absolute Gasteiger partial charge is 0.383 e. The third-order valence-electron chi connectivity index (χ3n) is 2.81. The normalized spacial score (nSPS) is 11.8. The van der Waals surface area contributed by atoms with Gasteiger partial charge in [-0.2, -0.15) is 0 Å². The summed E-state index contributed by atoms with van der Waals surface area (Å²) < 4.78 is 0. The third-order valence-corrected chi connectivity index (χ3v) is 2.81. The molecule has 2 rings (SSSR count). The lowest BCUT2D eigenvalue weighted by Crippen LogP contribution is -2.20. The molecule has 0 saturated carbocycles. The maximum absolute atomic E-state index is 10.7. The molecular weight excluding hydrogens is 242 g/mol. The summed E-state index contributed by atoms with van der Waals surface area (Å²) in [5.74, 6) is 0. The van der Waals surface area contributed by atoms with Gasteiger partial charge in [0.25, 0.3) is 5.69 Å². The van der Waals surface area contributed by atoms with Crippen molar-refractivity contribution in [2.75, 3.05) is 11.9 Å². The van der Waals surface area contributed by atoms with Gasteiger partial charge in [-0.1, -0.05) is 36.4 Å². The summed E-state index contributed by atoms with van der Waals surface area (Å²) in [4.78, 5) is 10.3.